The normalized spacial score (nSPS) is 11.4. The van der Waals surface area contributed by atoms with Gasteiger partial charge in [0, 0.05) is 23.4 Å². The number of nitrogens with one attached hydrogen (secondary N) is 1. The van der Waals surface area contributed by atoms with Crippen LogP contribution >= 0.6 is 0 Å². The van der Waals surface area contributed by atoms with E-state index in [9.17, 15) is 27.3 Å². The van der Waals surface area contributed by atoms with Crippen LogP contribution in [0.2, 0.25) is 0 Å². The van der Waals surface area contributed by atoms with Gasteiger partial charge in [0.05, 0.1) is 9.82 Å². The standard InChI is InChI=1S/C14H14F2N4O4S/c1-7-8(2)18-6-13(20(21)22)14(7)19-5-10-11(15)3-9(4-12(10)16)25(17,23)24/h3-4,6H,5H2,1-2H3,(H,18,19)(H2,17,23,24). The number of nitrogens with zero attached hydrogens (tertiary/aromatic N) is 2. The first-order valence-corrected chi connectivity index (χ1v) is 8.42. The Morgan fingerprint density at radius 2 is 1.84 bits per heavy atom. The molecule has 0 aliphatic rings. The minimum Gasteiger partial charge on any atom is -0.375 e. The number of pyridine rings is 1. The summed E-state index contributed by atoms with van der Waals surface area (Å²) in [6.07, 6.45) is 1.04. The molecule has 0 radical (unpaired) electrons. The first kappa shape index (κ1) is 18.7. The van der Waals surface area contributed by atoms with Crippen LogP contribution in [0.5, 0.6) is 0 Å². The molecule has 11 heteroatoms. The number of halogens is 2. The van der Waals surface area contributed by atoms with Gasteiger partial charge in [0.2, 0.25) is 10.0 Å². The molecule has 25 heavy (non-hydrogen) atoms. The van der Waals surface area contributed by atoms with E-state index in [1.165, 1.54) is 0 Å². The Bertz CT molecular complexity index is 941. The molecule has 1 heterocycles. The number of hydrogen-bond acceptors (Lipinski definition) is 6. The van der Waals surface area contributed by atoms with E-state index in [-0.39, 0.29) is 11.4 Å². The number of rotatable bonds is 5. The molecule has 1 aromatic heterocycles. The Morgan fingerprint density at radius 3 is 2.32 bits per heavy atom. The predicted molar refractivity (Wildman–Crippen MR) is 85.4 cm³/mol. The van der Waals surface area contributed by atoms with Crippen molar-refractivity contribution < 1.29 is 22.1 Å². The molecule has 1 aromatic carbocycles. The van der Waals surface area contributed by atoms with Gasteiger partial charge in [-0.2, -0.15) is 0 Å². The van der Waals surface area contributed by atoms with Crippen molar-refractivity contribution in [2.75, 3.05) is 5.32 Å². The van der Waals surface area contributed by atoms with E-state index in [0.717, 1.165) is 6.20 Å². The van der Waals surface area contributed by atoms with Crippen LogP contribution < -0.4 is 10.5 Å². The molecule has 0 bridgehead atoms. The molecule has 0 aliphatic heterocycles. The van der Waals surface area contributed by atoms with Gasteiger partial charge in [0.25, 0.3) is 0 Å². The van der Waals surface area contributed by atoms with Crippen LogP contribution in [0.1, 0.15) is 16.8 Å². The summed E-state index contributed by atoms with van der Waals surface area (Å²) in [6, 6.07) is 1.18. The smallest absolute Gasteiger partial charge is 0.310 e. The highest BCUT2D eigenvalue weighted by atomic mass is 32.2. The molecule has 0 saturated heterocycles. The highest BCUT2D eigenvalue weighted by Gasteiger charge is 2.21. The molecule has 0 fully saturated rings. The lowest BCUT2D eigenvalue weighted by molar-refractivity contribution is -0.384. The number of primary sulfonamides is 1. The van der Waals surface area contributed by atoms with Crippen LogP contribution in [0.4, 0.5) is 20.2 Å². The van der Waals surface area contributed by atoms with E-state index in [1.54, 1.807) is 13.8 Å². The third-order valence-corrected chi connectivity index (χ3v) is 4.53. The van der Waals surface area contributed by atoms with Gasteiger partial charge >= 0.3 is 5.69 Å². The summed E-state index contributed by atoms with van der Waals surface area (Å²) in [5.41, 5.74) is 0.224. The average Bonchev–Trinajstić information content (AvgIpc) is 2.48. The molecule has 0 saturated carbocycles. The summed E-state index contributed by atoms with van der Waals surface area (Å²) in [5, 5.41) is 18.5. The summed E-state index contributed by atoms with van der Waals surface area (Å²) in [7, 11) is -4.26. The third kappa shape index (κ3) is 3.88. The predicted octanol–water partition coefficient (Wildman–Crippen LogP) is 2.14. The molecule has 0 spiro atoms. The number of anilines is 1. The topological polar surface area (TPSA) is 128 Å². The summed E-state index contributed by atoms with van der Waals surface area (Å²) >= 11 is 0. The van der Waals surface area contributed by atoms with E-state index >= 15 is 0 Å². The van der Waals surface area contributed by atoms with Gasteiger partial charge in [0.1, 0.15) is 23.5 Å². The molecule has 0 unspecified atom stereocenters. The van der Waals surface area contributed by atoms with E-state index in [2.05, 4.69) is 10.3 Å². The highest BCUT2D eigenvalue weighted by Crippen LogP contribution is 2.29. The number of nitrogens with two attached hydrogens (primary N) is 1. The fourth-order valence-electron chi connectivity index (χ4n) is 2.14. The molecule has 8 nitrogen and oxygen atoms in total. The van der Waals surface area contributed by atoms with Crippen LogP contribution in [-0.4, -0.2) is 18.3 Å². The Labute approximate surface area is 141 Å². The van der Waals surface area contributed by atoms with Crippen LogP contribution in [-0.2, 0) is 16.6 Å². The number of aryl methyl sites for hydroxylation is 1. The van der Waals surface area contributed by atoms with Crippen molar-refractivity contribution in [2.45, 2.75) is 25.3 Å². The van der Waals surface area contributed by atoms with Crippen molar-refractivity contribution in [3.8, 4) is 0 Å². The minimum absolute atomic E-state index is 0.0758. The van der Waals surface area contributed by atoms with E-state index in [4.69, 9.17) is 5.14 Å². The molecular weight excluding hydrogens is 358 g/mol. The number of sulfonamides is 1. The van der Waals surface area contributed by atoms with Gasteiger partial charge in [-0.15, -0.1) is 0 Å². The van der Waals surface area contributed by atoms with Crippen molar-refractivity contribution >= 4 is 21.4 Å². The van der Waals surface area contributed by atoms with Crippen molar-refractivity contribution in [2.24, 2.45) is 5.14 Å². The third-order valence-electron chi connectivity index (χ3n) is 3.64. The zero-order valence-corrected chi connectivity index (χ0v) is 14.0. The molecule has 0 amide bonds. The monoisotopic (exact) mass is 372 g/mol. The van der Waals surface area contributed by atoms with Gasteiger partial charge in [-0.1, -0.05) is 0 Å². The summed E-state index contributed by atoms with van der Waals surface area (Å²) in [6.45, 7) is 2.77. The second-order valence-electron chi connectivity index (χ2n) is 5.25. The fourth-order valence-corrected chi connectivity index (χ4v) is 2.68. The quantitative estimate of drug-likeness (QED) is 0.611. The molecular formula is C14H14F2N4O4S. The highest BCUT2D eigenvalue weighted by molar-refractivity contribution is 7.89. The zero-order valence-electron chi connectivity index (χ0n) is 13.2. The van der Waals surface area contributed by atoms with Gasteiger partial charge in [-0.25, -0.2) is 22.3 Å². The van der Waals surface area contributed by atoms with Crippen molar-refractivity contribution in [1.29, 1.82) is 0 Å². The van der Waals surface area contributed by atoms with Crippen molar-refractivity contribution in [3.63, 3.8) is 0 Å². The first-order valence-electron chi connectivity index (χ1n) is 6.87. The lowest BCUT2D eigenvalue weighted by atomic mass is 10.1. The first-order chi connectivity index (χ1) is 11.5. The van der Waals surface area contributed by atoms with E-state index < -0.39 is 43.6 Å². The lowest BCUT2D eigenvalue weighted by Gasteiger charge is -2.13. The van der Waals surface area contributed by atoms with Crippen molar-refractivity contribution in [3.05, 3.63) is 56.9 Å². The Kier molecular flexibility index (Phi) is 4.99. The molecule has 2 aromatic rings. The zero-order chi connectivity index (χ0) is 18.9. The van der Waals surface area contributed by atoms with Crippen LogP contribution in [0, 0.1) is 35.6 Å². The van der Waals surface area contributed by atoms with Gasteiger partial charge < -0.3 is 5.32 Å². The van der Waals surface area contributed by atoms with Crippen LogP contribution in [0.15, 0.2) is 23.2 Å². The maximum absolute atomic E-state index is 14.0. The molecule has 0 aliphatic carbocycles. The second-order valence-corrected chi connectivity index (χ2v) is 6.81. The van der Waals surface area contributed by atoms with E-state index in [0.29, 0.717) is 23.4 Å². The maximum Gasteiger partial charge on any atom is 0.310 e. The average molecular weight is 372 g/mol. The van der Waals surface area contributed by atoms with Gasteiger partial charge in [-0.3, -0.25) is 15.1 Å². The number of hydrogen-bond donors (Lipinski definition) is 2. The SMILES string of the molecule is Cc1ncc([N+](=O)[O-])c(NCc2c(F)cc(S(N)(=O)=O)cc2F)c1C. The number of nitro groups is 1. The molecule has 134 valence electrons. The fraction of sp³-hybridized carbons (Fsp3) is 0.214. The van der Waals surface area contributed by atoms with Crippen molar-refractivity contribution in [1.82, 2.24) is 4.98 Å². The van der Waals surface area contributed by atoms with Crippen LogP contribution in [0.3, 0.4) is 0 Å². The van der Waals surface area contributed by atoms with Gasteiger partial charge in [0.15, 0.2) is 0 Å². The summed E-state index contributed by atoms with van der Waals surface area (Å²) in [4.78, 5) is 13.6. The lowest BCUT2D eigenvalue weighted by Crippen LogP contribution is -2.15. The van der Waals surface area contributed by atoms with E-state index in [1.807, 2.05) is 0 Å². The van der Waals surface area contributed by atoms with Gasteiger partial charge in [-0.05, 0) is 26.0 Å². The Balaban J connectivity index is 2.41. The molecule has 2 rings (SSSR count). The van der Waals surface area contributed by atoms with Crippen LogP contribution in [0.25, 0.3) is 0 Å². The largest absolute Gasteiger partial charge is 0.375 e. The summed E-state index contributed by atoms with van der Waals surface area (Å²) < 4.78 is 50.4. The summed E-state index contributed by atoms with van der Waals surface area (Å²) in [5.74, 6) is -2.27. The number of aromatic nitrogens is 1. The maximum atomic E-state index is 14.0. The molecule has 0 atom stereocenters. The second kappa shape index (κ2) is 6.69. The minimum atomic E-state index is -4.26. The Hall–Kier alpha value is -2.66. The number of benzene rings is 1. The Morgan fingerprint density at radius 1 is 1.28 bits per heavy atom. The molecule has 3 N–H and O–H groups in total.